The Kier molecular flexibility index (Phi) is 4.77. The number of phenols is 1. The van der Waals surface area contributed by atoms with Crippen LogP contribution in [0.1, 0.15) is 28.9 Å². The van der Waals surface area contributed by atoms with E-state index in [4.69, 9.17) is 0 Å². The van der Waals surface area contributed by atoms with Crippen LogP contribution in [0.25, 0.3) is 0 Å². The van der Waals surface area contributed by atoms with E-state index in [1.165, 1.54) is 0 Å². The molecule has 0 saturated carbocycles. The molecule has 0 radical (unpaired) electrons. The normalized spacial score (nSPS) is 11.9. The first-order chi connectivity index (χ1) is 9.49. The molecule has 2 aromatic rings. The average Bonchev–Trinajstić information content (AvgIpc) is 2.43. The molecule has 2 N–H and O–H groups in total. The molecule has 0 spiro atoms. The van der Waals surface area contributed by atoms with Crippen molar-refractivity contribution in [2.24, 2.45) is 0 Å². The minimum absolute atomic E-state index is 0.0763. The molecular formula is C14H12Br2N2O2. The first kappa shape index (κ1) is 15.0. The van der Waals surface area contributed by atoms with Crippen molar-refractivity contribution in [2.45, 2.75) is 13.0 Å². The van der Waals surface area contributed by atoms with Crippen molar-refractivity contribution in [2.75, 3.05) is 0 Å². The van der Waals surface area contributed by atoms with Crippen LogP contribution in [0.4, 0.5) is 0 Å². The van der Waals surface area contributed by atoms with E-state index in [0.29, 0.717) is 8.95 Å². The molecule has 1 amide bonds. The minimum atomic E-state index is -0.339. The number of rotatable bonds is 3. The van der Waals surface area contributed by atoms with E-state index in [2.05, 4.69) is 42.2 Å². The molecule has 20 heavy (non-hydrogen) atoms. The lowest BCUT2D eigenvalue weighted by atomic mass is 10.1. The first-order valence-corrected chi connectivity index (χ1v) is 7.46. The molecule has 0 aliphatic rings. The number of halogens is 2. The molecule has 4 nitrogen and oxygen atoms in total. The van der Waals surface area contributed by atoms with Gasteiger partial charge in [-0.15, -0.1) is 0 Å². The number of hydrogen-bond acceptors (Lipinski definition) is 3. The van der Waals surface area contributed by atoms with Crippen LogP contribution in [-0.4, -0.2) is 16.0 Å². The number of aromatic nitrogens is 1. The fraction of sp³-hybridized carbons (Fsp3) is 0.143. The molecular weight excluding hydrogens is 388 g/mol. The van der Waals surface area contributed by atoms with Crippen LogP contribution in [0, 0.1) is 0 Å². The lowest BCUT2D eigenvalue weighted by Gasteiger charge is -2.15. The van der Waals surface area contributed by atoms with Gasteiger partial charge >= 0.3 is 0 Å². The Balaban J connectivity index is 2.21. The summed E-state index contributed by atoms with van der Waals surface area (Å²) in [6, 6.07) is 6.75. The molecule has 1 atom stereocenters. The first-order valence-electron chi connectivity index (χ1n) is 5.88. The molecule has 2 rings (SSSR count). The van der Waals surface area contributed by atoms with Crippen molar-refractivity contribution in [3.63, 3.8) is 0 Å². The van der Waals surface area contributed by atoms with Crippen LogP contribution in [0.3, 0.4) is 0 Å². The predicted molar refractivity (Wildman–Crippen MR) is 83.6 cm³/mol. The van der Waals surface area contributed by atoms with Gasteiger partial charge in [-0.25, -0.2) is 0 Å². The third-order valence-corrected chi connectivity index (χ3v) is 3.89. The Morgan fingerprint density at radius 2 is 1.95 bits per heavy atom. The van der Waals surface area contributed by atoms with E-state index < -0.39 is 0 Å². The summed E-state index contributed by atoms with van der Waals surface area (Å²) in [6.07, 6.45) is 3.34. The number of nitrogens with zero attached hydrogens (tertiary/aromatic N) is 1. The number of phenolic OH excluding ortho intramolecular Hbond substituents is 1. The highest BCUT2D eigenvalue weighted by atomic mass is 79.9. The van der Waals surface area contributed by atoms with E-state index in [-0.39, 0.29) is 23.3 Å². The van der Waals surface area contributed by atoms with Crippen LogP contribution in [0.5, 0.6) is 5.75 Å². The van der Waals surface area contributed by atoms with Crippen LogP contribution < -0.4 is 5.32 Å². The summed E-state index contributed by atoms with van der Waals surface area (Å²) in [6.45, 7) is 1.87. The van der Waals surface area contributed by atoms with Gasteiger partial charge < -0.3 is 10.4 Å². The van der Waals surface area contributed by atoms with Gasteiger partial charge in [-0.05, 0) is 52.7 Å². The van der Waals surface area contributed by atoms with Crippen molar-refractivity contribution in [3.8, 4) is 5.75 Å². The second-order valence-corrected chi connectivity index (χ2v) is 6.03. The van der Waals surface area contributed by atoms with E-state index >= 15 is 0 Å². The van der Waals surface area contributed by atoms with Crippen LogP contribution in [-0.2, 0) is 0 Å². The summed E-state index contributed by atoms with van der Waals surface area (Å²) in [5, 5.41) is 12.8. The van der Waals surface area contributed by atoms with Crippen molar-refractivity contribution in [1.82, 2.24) is 10.3 Å². The van der Waals surface area contributed by atoms with Gasteiger partial charge in [0.25, 0.3) is 5.91 Å². The third-order valence-electron chi connectivity index (χ3n) is 2.83. The quantitative estimate of drug-likeness (QED) is 0.824. The third kappa shape index (κ3) is 3.37. The van der Waals surface area contributed by atoms with E-state index in [1.54, 1.807) is 24.5 Å². The van der Waals surface area contributed by atoms with Gasteiger partial charge in [0.05, 0.1) is 16.1 Å². The number of benzene rings is 1. The summed E-state index contributed by atoms with van der Waals surface area (Å²) >= 11 is 6.51. The molecule has 0 fully saturated rings. The maximum atomic E-state index is 12.2. The van der Waals surface area contributed by atoms with Crippen LogP contribution in [0.2, 0.25) is 0 Å². The van der Waals surface area contributed by atoms with Gasteiger partial charge in [0.1, 0.15) is 5.75 Å². The number of carbonyl (C=O) groups is 1. The number of amides is 1. The monoisotopic (exact) mass is 398 g/mol. The summed E-state index contributed by atoms with van der Waals surface area (Å²) in [4.78, 5) is 16.2. The predicted octanol–water partition coefficient (Wildman–Crippen LogP) is 3.80. The largest absolute Gasteiger partial charge is 0.506 e. The standard InChI is InChI=1S/C14H12Br2N2O2/c1-8(9-2-4-17-5-3-9)18-14(20)11-6-10(15)7-12(16)13(11)19/h2-8,19H,1H3,(H,18,20)/t8-/m1/s1. The Morgan fingerprint density at radius 3 is 2.60 bits per heavy atom. The molecule has 1 aromatic carbocycles. The number of aromatic hydroxyl groups is 1. The Labute approximate surface area is 133 Å². The van der Waals surface area contributed by atoms with Gasteiger partial charge in [0.15, 0.2) is 0 Å². The summed E-state index contributed by atoms with van der Waals surface area (Å²) in [5.74, 6) is -0.415. The number of pyridine rings is 1. The summed E-state index contributed by atoms with van der Waals surface area (Å²) in [7, 11) is 0. The zero-order valence-electron chi connectivity index (χ0n) is 10.6. The average molecular weight is 400 g/mol. The number of carbonyl (C=O) groups excluding carboxylic acids is 1. The molecule has 1 aromatic heterocycles. The van der Waals surface area contributed by atoms with E-state index in [1.807, 2.05) is 19.1 Å². The van der Waals surface area contributed by atoms with Crippen molar-refractivity contribution >= 4 is 37.8 Å². The van der Waals surface area contributed by atoms with Gasteiger partial charge in [-0.2, -0.15) is 0 Å². The fourth-order valence-electron chi connectivity index (χ4n) is 1.75. The Hall–Kier alpha value is -1.40. The van der Waals surface area contributed by atoms with Crippen LogP contribution >= 0.6 is 31.9 Å². The van der Waals surface area contributed by atoms with E-state index in [0.717, 1.165) is 5.56 Å². The van der Waals surface area contributed by atoms with Crippen molar-refractivity contribution < 1.29 is 9.90 Å². The van der Waals surface area contributed by atoms with Gasteiger partial charge in [0, 0.05) is 16.9 Å². The number of nitrogens with one attached hydrogen (secondary N) is 1. The molecule has 6 heteroatoms. The second kappa shape index (κ2) is 6.37. The number of hydrogen-bond donors (Lipinski definition) is 2. The highest BCUT2D eigenvalue weighted by Gasteiger charge is 2.17. The Morgan fingerprint density at radius 1 is 1.30 bits per heavy atom. The van der Waals surface area contributed by atoms with Gasteiger partial charge in [-0.3, -0.25) is 9.78 Å². The highest BCUT2D eigenvalue weighted by Crippen LogP contribution is 2.31. The molecule has 0 bridgehead atoms. The van der Waals surface area contributed by atoms with Gasteiger partial charge in [-0.1, -0.05) is 15.9 Å². The van der Waals surface area contributed by atoms with Crippen molar-refractivity contribution in [3.05, 3.63) is 56.7 Å². The highest BCUT2D eigenvalue weighted by molar-refractivity contribution is 9.11. The maximum absolute atomic E-state index is 12.2. The van der Waals surface area contributed by atoms with Crippen molar-refractivity contribution in [1.29, 1.82) is 0 Å². The summed E-state index contributed by atoms with van der Waals surface area (Å²) < 4.78 is 1.18. The molecule has 104 valence electrons. The fourth-order valence-corrected chi connectivity index (χ4v) is 2.97. The SMILES string of the molecule is C[C@@H](NC(=O)c1cc(Br)cc(Br)c1O)c1ccncc1. The topological polar surface area (TPSA) is 62.2 Å². The van der Waals surface area contributed by atoms with Crippen LogP contribution in [0.15, 0.2) is 45.6 Å². The van der Waals surface area contributed by atoms with E-state index in [9.17, 15) is 9.90 Å². The smallest absolute Gasteiger partial charge is 0.255 e. The lowest BCUT2D eigenvalue weighted by Crippen LogP contribution is -2.26. The second-order valence-electron chi connectivity index (χ2n) is 4.26. The molecule has 0 saturated heterocycles. The minimum Gasteiger partial charge on any atom is -0.506 e. The lowest BCUT2D eigenvalue weighted by molar-refractivity contribution is 0.0937. The Bertz CT molecular complexity index is 633. The molecule has 0 aliphatic heterocycles. The maximum Gasteiger partial charge on any atom is 0.255 e. The molecule has 0 aliphatic carbocycles. The molecule has 0 unspecified atom stereocenters. The zero-order chi connectivity index (χ0) is 14.7. The van der Waals surface area contributed by atoms with Gasteiger partial charge in [0.2, 0.25) is 0 Å². The zero-order valence-corrected chi connectivity index (χ0v) is 13.8. The molecule has 1 heterocycles. The summed E-state index contributed by atoms with van der Waals surface area (Å²) in [5.41, 5.74) is 1.16.